The number of hydrogen-bond donors (Lipinski definition) is 3. The van der Waals surface area contributed by atoms with E-state index in [2.05, 4.69) is 22.0 Å². The summed E-state index contributed by atoms with van der Waals surface area (Å²) in [6.45, 7) is 10.3. The molecular formula is C40H41N5O6S2. The maximum absolute atomic E-state index is 13.6. The van der Waals surface area contributed by atoms with E-state index in [1.807, 2.05) is 33.8 Å². The predicted molar refractivity (Wildman–Crippen MR) is 208 cm³/mol. The Bertz CT molecular complexity index is 2050. The first-order chi connectivity index (χ1) is 25.3. The molecule has 1 aliphatic heterocycles. The largest absolute Gasteiger partial charge is 0.494 e. The van der Waals surface area contributed by atoms with Crippen LogP contribution in [0.3, 0.4) is 0 Å². The molecule has 1 aliphatic rings. The van der Waals surface area contributed by atoms with Crippen molar-refractivity contribution in [1.29, 1.82) is 5.26 Å². The number of ether oxygens (including phenoxy) is 2. The first-order valence-electron chi connectivity index (χ1n) is 17.1. The number of hydrogen-bond acceptors (Lipinski definition) is 9. The molecule has 13 heteroatoms. The summed E-state index contributed by atoms with van der Waals surface area (Å²) in [5.74, 6) is -0.582. The zero-order chi connectivity index (χ0) is 38.1. The Labute approximate surface area is 317 Å². The zero-order valence-electron chi connectivity index (χ0n) is 30.1. The number of thiophene rings is 1. The number of thioether (sulfide) groups is 1. The third kappa shape index (κ3) is 10.5. The summed E-state index contributed by atoms with van der Waals surface area (Å²) >= 11 is 2.58. The standard InChI is InChI=1S/C40H41N5O6S2/c1-6-50-29-17-15-26(16-18-29)21-33(43-36(47)27-11-8-7-9-12-27)37(48)42-28-13-10-14-30(22-28)52-25(2)35(46)44-38-32(23-41)31-19-20-45(24-34(31)53-38)39(49)51-40(3,4)5/h7-18,21-22,25H,6,19-20,24H2,1-5H3,(H,42,48)(H,43,47)(H,44,46)/b33-21+. The van der Waals surface area contributed by atoms with Crippen molar-refractivity contribution in [3.05, 3.63) is 112 Å². The van der Waals surface area contributed by atoms with Gasteiger partial charge in [0.2, 0.25) is 5.91 Å². The van der Waals surface area contributed by atoms with Crippen molar-refractivity contribution in [2.24, 2.45) is 0 Å². The maximum atomic E-state index is 13.6. The van der Waals surface area contributed by atoms with Crippen LogP contribution in [0.5, 0.6) is 5.75 Å². The minimum atomic E-state index is -0.625. The number of carbonyl (C=O) groups excluding carboxylic acids is 4. The Balaban J connectivity index is 1.26. The van der Waals surface area contributed by atoms with Gasteiger partial charge in [0.1, 0.15) is 28.1 Å². The fraction of sp³-hybridized carbons (Fsp3) is 0.275. The lowest BCUT2D eigenvalue weighted by atomic mass is 10.0. The van der Waals surface area contributed by atoms with Crippen LogP contribution in [0.4, 0.5) is 15.5 Å². The van der Waals surface area contributed by atoms with Crippen LogP contribution in [-0.2, 0) is 27.3 Å². The summed E-state index contributed by atoms with van der Waals surface area (Å²) in [6, 6.07) is 25.1. The monoisotopic (exact) mass is 751 g/mol. The molecule has 0 saturated heterocycles. The van der Waals surface area contributed by atoms with E-state index in [0.717, 1.165) is 15.3 Å². The molecule has 3 N–H and O–H groups in total. The molecule has 11 nitrogen and oxygen atoms in total. The summed E-state index contributed by atoms with van der Waals surface area (Å²) in [7, 11) is 0. The topological polar surface area (TPSA) is 150 Å². The van der Waals surface area contributed by atoms with E-state index in [9.17, 15) is 24.4 Å². The second-order valence-corrected chi connectivity index (χ2v) is 15.6. The van der Waals surface area contributed by atoms with Gasteiger partial charge in [-0.05, 0) is 101 Å². The zero-order valence-corrected chi connectivity index (χ0v) is 31.8. The van der Waals surface area contributed by atoms with E-state index in [1.54, 1.807) is 90.7 Å². The molecule has 0 fully saturated rings. The van der Waals surface area contributed by atoms with E-state index in [1.165, 1.54) is 23.1 Å². The van der Waals surface area contributed by atoms with Gasteiger partial charge >= 0.3 is 6.09 Å². The highest BCUT2D eigenvalue weighted by atomic mass is 32.2. The molecule has 0 bridgehead atoms. The fourth-order valence-corrected chi connectivity index (χ4v) is 7.49. The molecule has 5 rings (SSSR count). The van der Waals surface area contributed by atoms with Crippen molar-refractivity contribution < 1.29 is 28.7 Å². The molecule has 1 unspecified atom stereocenters. The third-order valence-corrected chi connectivity index (χ3v) is 10.1. The van der Waals surface area contributed by atoms with Crippen LogP contribution in [0.25, 0.3) is 6.08 Å². The van der Waals surface area contributed by atoms with E-state index in [-0.39, 0.29) is 11.6 Å². The second-order valence-electron chi connectivity index (χ2n) is 13.1. The molecule has 1 atom stereocenters. The van der Waals surface area contributed by atoms with Crippen molar-refractivity contribution in [3.8, 4) is 11.8 Å². The van der Waals surface area contributed by atoms with Crippen LogP contribution < -0.4 is 20.7 Å². The van der Waals surface area contributed by atoms with Crippen molar-refractivity contribution in [2.75, 3.05) is 23.8 Å². The van der Waals surface area contributed by atoms with Gasteiger partial charge in [-0.15, -0.1) is 23.1 Å². The molecule has 3 aromatic carbocycles. The van der Waals surface area contributed by atoms with Crippen LogP contribution >= 0.6 is 23.1 Å². The van der Waals surface area contributed by atoms with E-state index < -0.39 is 28.8 Å². The molecule has 0 spiro atoms. The highest BCUT2D eigenvalue weighted by Gasteiger charge is 2.30. The van der Waals surface area contributed by atoms with Crippen LogP contribution in [-0.4, -0.2) is 52.7 Å². The average Bonchev–Trinajstić information content (AvgIpc) is 3.48. The van der Waals surface area contributed by atoms with E-state index in [0.29, 0.717) is 59.2 Å². The molecule has 0 saturated carbocycles. The van der Waals surface area contributed by atoms with Gasteiger partial charge in [-0.3, -0.25) is 14.4 Å². The van der Waals surface area contributed by atoms with Gasteiger partial charge in [0.05, 0.1) is 24.0 Å². The van der Waals surface area contributed by atoms with Crippen LogP contribution in [0, 0.1) is 11.3 Å². The minimum Gasteiger partial charge on any atom is -0.494 e. The minimum absolute atomic E-state index is 0.0370. The highest BCUT2D eigenvalue weighted by Crippen LogP contribution is 2.38. The van der Waals surface area contributed by atoms with Crippen LogP contribution in [0.15, 0.2) is 89.5 Å². The molecule has 0 radical (unpaired) electrons. The SMILES string of the molecule is CCOc1ccc(/C=C(/NC(=O)c2ccccc2)C(=O)Nc2cccc(SC(C)C(=O)Nc3sc4c(c3C#N)CCN(C(=O)OC(C)(C)C)C4)c2)cc1. The van der Waals surface area contributed by atoms with Crippen molar-refractivity contribution in [2.45, 2.75) is 63.3 Å². The van der Waals surface area contributed by atoms with E-state index in [4.69, 9.17) is 9.47 Å². The molecule has 1 aromatic heterocycles. The Morgan fingerprint density at radius 1 is 1.02 bits per heavy atom. The number of amides is 4. The summed E-state index contributed by atoms with van der Waals surface area (Å²) in [4.78, 5) is 55.9. The fourth-order valence-electron chi connectivity index (χ4n) is 5.34. The van der Waals surface area contributed by atoms with Crippen LogP contribution in [0.1, 0.15) is 66.5 Å². The first-order valence-corrected chi connectivity index (χ1v) is 18.8. The lowest BCUT2D eigenvalue weighted by Gasteiger charge is -2.29. The van der Waals surface area contributed by atoms with Gasteiger partial charge in [0.15, 0.2) is 0 Å². The molecule has 4 amide bonds. The summed E-state index contributed by atoms with van der Waals surface area (Å²) in [5, 5.41) is 18.4. The van der Waals surface area contributed by atoms with E-state index >= 15 is 0 Å². The molecule has 2 heterocycles. The summed E-state index contributed by atoms with van der Waals surface area (Å²) < 4.78 is 11.0. The summed E-state index contributed by atoms with van der Waals surface area (Å²) in [6.07, 6.45) is 1.66. The number of nitrogens with zero attached hydrogens (tertiary/aromatic N) is 2. The lowest BCUT2D eigenvalue weighted by molar-refractivity contribution is -0.115. The second kappa shape index (κ2) is 17.3. The maximum Gasteiger partial charge on any atom is 0.410 e. The average molecular weight is 752 g/mol. The number of carbonyl (C=O) groups is 4. The lowest BCUT2D eigenvalue weighted by Crippen LogP contribution is -2.39. The quantitative estimate of drug-likeness (QED) is 0.104. The van der Waals surface area contributed by atoms with Crippen molar-refractivity contribution in [3.63, 3.8) is 0 Å². The smallest absolute Gasteiger partial charge is 0.410 e. The Hall–Kier alpha value is -5.58. The number of anilines is 2. The Morgan fingerprint density at radius 3 is 2.43 bits per heavy atom. The van der Waals surface area contributed by atoms with Gasteiger partial charge in [-0.25, -0.2) is 4.79 Å². The first kappa shape index (κ1) is 38.6. The Kier molecular flexibility index (Phi) is 12.6. The number of fused-ring (bicyclic) bond motifs is 1. The third-order valence-electron chi connectivity index (χ3n) is 7.86. The van der Waals surface area contributed by atoms with Gasteiger partial charge in [-0.1, -0.05) is 36.4 Å². The number of rotatable bonds is 11. The molecule has 53 heavy (non-hydrogen) atoms. The highest BCUT2D eigenvalue weighted by molar-refractivity contribution is 8.00. The molecule has 274 valence electrons. The van der Waals surface area contributed by atoms with Crippen molar-refractivity contribution in [1.82, 2.24) is 10.2 Å². The summed E-state index contributed by atoms with van der Waals surface area (Å²) in [5.41, 5.74) is 2.21. The Morgan fingerprint density at radius 2 is 1.75 bits per heavy atom. The number of nitriles is 1. The van der Waals surface area contributed by atoms with Gasteiger partial charge < -0.3 is 30.3 Å². The van der Waals surface area contributed by atoms with Gasteiger partial charge in [0.25, 0.3) is 11.8 Å². The molecular weight excluding hydrogens is 711 g/mol. The van der Waals surface area contributed by atoms with Crippen LogP contribution in [0.2, 0.25) is 0 Å². The number of nitrogens with one attached hydrogen (secondary N) is 3. The molecule has 0 aliphatic carbocycles. The van der Waals surface area contributed by atoms with Gasteiger partial charge in [0, 0.05) is 27.6 Å². The number of benzene rings is 3. The predicted octanol–water partition coefficient (Wildman–Crippen LogP) is 7.84. The van der Waals surface area contributed by atoms with Gasteiger partial charge in [-0.2, -0.15) is 5.26 Å². The normalized spacial score (nSPS) is 13.2. The van der Waals surface area contributed by atoms with Crippen molar-refractivity contribution >= 4 is 63.7 Å². The molecule has 4 aromatic rings.